The molecule has 2 aromatic rings. The number of hydrogen-bond donors (Lipinski definition) is 4. The van der Waals surface area contributed by atoms with E-state index in [0.717, 1.165) is 44.1 Å². The van der Waals surface area contributed by atoms with Crippen molar-refractivity contribution < 1.29 is 25.2 Å². The molecule has 0 saturated heterocycles. The normalized spacial score (nSPS) is 40.5. The Labute approximate surface area is 271 Å². The first kappa shape index (κ1) is 31.5. The third-order valence-corrected chi connectivity index (χ3v) is 14.3. The van der Waals surface area contributed by atoms with Crippen molar-refractivity contribution in [3.05, 3.63) is 82.1 Å². The fraction of sp³-hybridized carbons (Fsp3) is 0.605. The number of hydrogen-bond acceptors (Lipinski definition) is 7. The summed E-state index contributed by atoms with van der Waals surface area (Å²) in [4.78, 5) is 18.0. The predicted octanol–water partition coefficient (Wildman–Crippen LogP) is 5.42. The molecule has 1 aromatic carbocycles. The second-order valence-electron chi connectivity index (χ2n) is 15.4. The monoisotopic (exact) mass is 631 g/mol. The Morgan fingerprint density at radius 3 is 2.47 bits per heavy atom. The Balaban J connectivity index is 1.28. The zero-order valence-corrected chi connectivity index (χ0v) is 27.5. The topological polar surface area (TPSA) is 101 Å². The smallest absolute Gasteiger partial charge is 0.189 e. The molecule has 2 spiro atoms. The standard InChI is InChI=1S/C38H49NO5S/c1-34-14-10-27(41)21-36(34)17-18-38(30(22-36)33(43)26-7-4-3-5-8-26)31(34)11-15-35(2)32(38)12-16-37(35,44)25-39(23-28(42)24-40)19-13-29-9-6-20-45-29/h3-9,17-18,20,22,27-28,31-32,40-42,44H,10-16,19,21,23-25H2,1-2H3/t27?,28-,31+,32+,34+,35-,36-,37+,38+/m0/s1. The van der Waals surface area contributed by atoms with Gasteiger partial charge in [-0.2, -0.15) is 0 Å². The molecule has 7 heteroatoms. The van der Waals surface area contributed by atoms with Gasteiger partial charge in [-0.1, -0.05) is 68.5 Å². The maximum atomic E-state index is 14.6. The Bertz CT molecular complexity index is 1470. The first-order valence-electron chi connectivity index (χ1n) is 17.0. The average Bonchev–Trinajstić information content (AvgIpc) is 3.65. The lowest BCUT2D eigenvalue weighted by molar-refractivity contribution is -0.177. The van der Waals surface area contributed by atoms with Crippen LogP contribution in [0.2, 0.25) is 0 Å². The van der Waals surface area contributed by atoms with E-state index in [4.69, 9.17) is 0 Å². The molecule has 8 rings (SSSR count). The minimum Gasteiger partial charge on any atom is -0.394 e. The SMILES string of the molecule is C[C@]12CC[C@H]3[C@]4(C=C[C@@]5(C=C4C(=O)c4ccccc4)CC(O)CC[C@]35C)[C@@H]1CC[C@@]2(O)CN(CCc1cccs1)C[C@H](O)CO. The molecule has 6 nitrogen and oxygen atoms in total. The molecule has 1 unspecified atom stereocenters. The number of aliphatic hydroxyl groups is 4. The zero-order valence-electron chi connectivity index (χ0n) is 26.7. The van der Waals surface area contributed by atoms with Gasteiger partial charge in [0.2, 0.25) is 0 Å². The second kappa shape index (κ2) is 11.2. The number of fused-ring (bicyclic) bond motifs is 1. The van der Waals surface area contributed by atoms with Gasteiger partial charge in [0.25, 0.3) is 0 Å². The van der Waals surface area contributed by atoms with E-state index < -0.39 is 22.5 Å². The number of carbonyl (C=O) groups excluding carboxylic acids is 1. The molecule has 6 aliphatic rings. The van der Waals surface area contributed by atoms with Crippen LogP contribution in [-0.4, -0.2) is 75.2 Å². The van der Waals surface area contributed by atoms with Crippen molar-refractivity contribution in [2.75, 3.05) is 26.2 Å². The summed E-state index contributed by atoms with van der Waals surface area (Å²) in [5.41, 5.74) is -0.789. The van der Waals surface area contributed by atoms with Gasteiger partial charge in [-0.3, -0.25) is 9.69 Å². The van der Waals surface area contributed by atoms with Crippen molar-refractivity contribution in [2.24, 2.45) is 33.5 Å². The molecule has 1 heterocycles. The van der Waals surface area contributed by atoms with E-state index in [2.05, 4.69) is 48.4 Å². The number of carbonyl (C=O) groups is 1. The van der Waals surface area contributed by atoms with Gasteiger partial charge in [0.05, 0.1) is 24.4 Å². The van der Waals surface area contributed by atoms with E-state index in [1.807, 2.05) is 36.4 Å². The largest absolute Gasteiger partial charge is 0.394 e. The van der Waals surface area contributed by atoms with Gasteiger partial charge < -0.3 is 20.4 Å². The van der Waals surface area contributed by atoms with Gasteiger partial charge in [0, 0.05) is 51.9 Å². The van der Waals surface area contributed by atoms with Crippen LogP contribution in [0.5, 0.6) is 0 Å². The lowest BCUT2D eigenvalue weighted by Crippen LogP contribution is -2.67. The van der Waals surface area contributed by atoms with Crippen molar-refractivity contribution >= 4 is 17.1 Å². The van der Waals surface area contributed by atoms with E-state index in [-0.39, 0.29) is 41.2 Å². The Morgan fingerprint density at radius 1 is 1.00 bits per heavy atom. The van der Waals surface area contributed by atoms with Crippen LogP contribution in [0.15, 0.2) is 71.6 Å². The summed E-state index contributed by atoms with van der Waals surface area (Å²) in [7, 11) is 0. The van der Waals surface area contributed by atoms with E-state index in [0.29, 0.717) is 38.0 Å². The number of Topliss-reactive ketones (excluding diaryl/α,β-unsaturated/α-hetero) is 1. The molecule has 45 heavy (non-hydrogen) atoms. The van der Waals surface area contributed by atoms with Crippen molar-refractivity contribution in [1.29, 1.82) is 0 Å². The van der Waals surface area contributed by atoms with Crippen LogP contribution in [0, 0.1) is 33.5 Å². The summed E-state index contributed by atoms with van der Waals surface area (Å²) in [5, 5.41) is 46.0. The highest BCUT2D eigenvalue weighted by molar-refractivity contribution is 7.09. The molecule has 3 saturated carbocycles. The Morgan fingerprint density at radius 2 is 1.73 bits per heavy atom. The van der Waals surface area contributed by atoms with Gasteiger partial charge in [-0.15, -0.1) is 11.3 Å². The fourth-order valence-corrected chi connectivity index (χ4v) is 11.7. The minimum atomic E-state index is -1.01. The molecule has 4 N–H and O–H groups in total. The van der Waals surface area contributed by atoms with Crippen molar-refractivity contribution in [3.8, 4) is 0 Å². The Kier molecular flexibility index (Phi) is 7.86. The molecule has 9 atom stereocenters. The molecule has 6 aliphatic carbocycles. The summed E-state index contributed by atoms with van der Waals surface area (Å²) < 4.78 is 0. The summed E-state index contributed by atoms with van der Waals surface area (Å²) in [6.07, 6.45) is 12.2. The van der Waals surface area contributed by atoms with Crippen LogP contribution in [-0.2, 0) is 6.42 Å². The van der Waals surface area contributed by atoms with Crippen LogP contribution >= 0.6 is 11.3 Å². The minimum absolute atomic E-state index is 0.0680. The average molecular weight is 632 g/mol. The van der Waals surface area contributed by atoms with Gasteiger partial charge >= 0.3 is 0 Å². The van der Waals surface area contributed by atoms with Crippen molar-refractivity contribution in [2.45, 2.75) is 83.0 Å². The quantitative estimate of drug-likeness (QED) is 0.207. The molecular weight excluding hydrogens is 582 g/mol. The lowest BCUT2D eigenvalue weighted by Gasteiger charge is -2.71. The molecule has 0 aliphatic heterocycles. The van der Waals surface area contributed by atoms with Gasteiger partial charge in [0.1, 0.15) is 0 Å². The van der Waals surface area contributed by atoms with E-state index >= 15 is 0 Å². The molecule has 0 radical (unpaired) electrons. The van der Waals surface area contributed by atoms with Crippen LogP contribution in [0.3, 0.4) is 0 Å². The van der Waals surface area contributed by atoms with Crippen LogP contribution in [0.1, 0.15) is 74.0 Å². The summed E-state index contributed by atoms with van der Waals surface area (Å²) >= 11 is 1.71. The number of thiophene rings is 1. The highest BCUT2D eigenvalue weighted by Crippen LogP contribution is 2.78. The third kappa shape index (κ3) is 4.63. The predicted molar refractivity (Wildman–Crippen MR) is 177 cm³/mol. The molecule has 242 valence electrons. The first-order valence-corrected chi connectivity index (χ1v) is 17.9. The van der Waals surface area contributed by atoms with Gasteiger partial charge in [0.15, 0.2) is 5.78 Å². The van der Waals surface area contributed by atoms with E-state index in [9.17, 15) is 25.2 Å². The summed E-state index contributed by atoms with van der Waals surface area (Å²) in [5.74, 6) is 0.407. The van der Waals surface area contributed by atoms with Crippen LogP contribution in [0.4, 0.5) is 0 Å². The third-order valence-electron chi connectivity index (χ3n) is 13.4. The number of benzene rings is 1. The second-order valence-corrected chi connectivity index (χ2v) is 16.4. The maximum absolute atomic E-state index is 14.6. The van der Waals surface area contributed by atoms with Crippen molar-refractivity contribution in [1.82, 2.24) is 4.90 Å². The molecule has 0 amide bonds. The molecule has 2 bridgehead atoms. The number of rotatable bonds is 10. The van der Waals surface area contributed by atoms with Crippen LogP contribution < -0.4 is 0 Å². The summed E-state index contributed by atoms with van der Waals surface area (Å²) in [6, 6.07) is 13.8. The molecule has 3 fully saturated rings. The highest BCUT2D eigenvalue weighted by atomic mass is 32.1. The lowest BCUT2D eigenvalue weighted by atomic mass is 9.32. The van der Waals surface area contributed by atoms with Crippen molar-refractivity contribution in [3.63, 3.8) is 0 Å². The van der Waals surface area contributed by atoms with Crippen LogP contribution in [0.25, 0.3) is 0 Å². The zero-order chi connectivity index (χ0) is 31.7. The van der Waals surface area contributed by atoms with Gasteiger partial charge in [-0.05, 0) is 80.1 Å². The van der Waals surface area contributed by atoms with Gasteiger partial charge in [-0.25, -0.2) is 0 Å². The van der Waals surface area contributed by atoms with E-state index in [1.54, 1.807) is 11.3 Å². The molecule has 1 aromatic heterocycles. The highest BCUT2D eigenvalue weighted by Gasteiger charge is 2.74. The number of ketones is 1. The van der Waals surface area contributed by atoms with E-state index in [1.165, 1.54) is 4.88 Å². The Hall–Kier alpha value is -2.13. The number of allylic oxidation sites excluding steroid dienone is 4. The number of aliphatic hydroxyl groups excluding tert-OH is 3. The fourth-order valence-electron chi connectivity index (χ4n) is 11.0. The maximum Gasteiger partial charge on any atom is 0.189 e. The first-order chi connectivity index (χ1) is 21.5. The summed E-state index contributed by atoms with van der Waals surface area (Å²) in [6.45, 7) is 5.78. The number of nitrogens with zero attached hydrogens (tertiary/aromatic N) is 1. The molecular formula is C38H49NO5S.